The van der Waals surface area contributed by atoms with Crippen LogP contribution in [0.25, 0.3) is 0 Å². The van der Waals surface area contributed by atoms with Crippen LogP contribution in [0.2, 0.25) is 0 Å². The van der Waals surface area contributed by atoms with Crippen LogP contribution in [0.15, 0.2) is 30.7 Å². The number of amides is 3. The lowest BCUT2D eigenvalue weighted by atomic mass is 10.1. The first kappa shape index (κ1) is 20.1. The Bertz CT molecular complexity index is 926. The van der Waals surface area contributed by atoms with E-state index < -0.39 is 0 Å². The summed E-state index contributed by atoms with van der Waals surface area (Å²) in [5.41, 5.74) is 1.62. The molecule has 1 saturated heterocycles. The lowest BCUT2D eigenvalue weighted by Crippen LogP contribution is -2.48. The maximum absolute atomic E-state index is 13.2. The number of rotatable bonds is 4. The number of carbonyl (C=O) groups excluding carboxylic acids is 2. The molecule has 4 heterocycles. The van der Waals surface area contributed by atoms with Gasteiger partial charge in [0.05, 0.1) is 12.2 Å². The van der Waals surface area contributed by atoms with Crippen molar-refractivity contribution in [3.63, 3.8) is 0 Å². The van der Waals surface area contributed by atoms with Crippen molar-refractivity contribution < 1.29 is 9.59 Å². The van der Waals surface area contributed by atoms with E-state index in [9.17, 15) is 9.59 Å². The Hall–Kier alpha value is -3.23. The number of urea groups is 1. The highest BCUT2D eigenvalue weighted by Crippen LogP contribution is 2.34. The number of hydrogen-bond donors (Lipinski definition) is 1. The van der Waals surface area contributed by atoms with E-state index in [1.165, 1.54) is 0 Å². The Morgan fingerprint density at radius 3 is 2.53 bits per heavy atom. The summed E-state index contributed by atoms with van der Waals surface area (Å²) in [5.74, 6) is 1.21. The summed E-state index contributed by atoms with van der Waals surface area (Å²) < 4.78 is 0. The smallest absolute Gasteiger partial charge is 0.330 e. The highest BCUT2D eigenvalue weighted by molar-refractivity contribution is 6.00. The number of nitrogens with zero attached hydrogens (tertiary/aromatic N) is 6. The summed E-state index contributed by atoms with van der Waals surface area (Å²) in [7, 11) is 0. The van der Waals surface area contributed by atoms with Crippen LogP contribution in [-0.4, -0.2) is 61.9 Å². The fourth-order valence-corrected chi connectivity index (χ4v) is 3.89. The van der Waals surface area contributed by atoms with Gasteiger partial charge in [0.2, 0.25) is 11.9 Å². The molecule has 0 saturated carbocycles. The van der Waals surface area contributed by atoms with E-state index in [4.69, 9.17) is 4.98 Å². The zero-order valence-electron chi connectivity index (χ0n) is 17.6. The van der Waals surface area contributed by atoms with Crippen molar-refractivity contribution in [2.24, 2.45) is 0 Å². The van der Waals surface area contributed by atoms with Gasteiger partial charge in [0, 0.05) is 56.3 Å². The van der Waals surface area contributed by atoms with Crippen LogP contribution in [0.3, 0.4) is 0 Å². The molecule has 3 amide bonds. The SMILES string of the molecule is CC(=O)N1CCC(Nc2ncc3c(n2)N(c2ccncc2)C(=O)N(C(C)C)C3)CC1. The molecule has 2 aliphatic heterocycles. The molecule has 9 nitrogen and oxygen atoms in total. The number of fused-ring (bicyclic) bond motifs is 1. The monoisotopic (exact) mass is 409 g/mol. The number of pyridine rings is 1. The second kappa shape index (κ2) is 8.25. The minimum Gasteiger partial charge on any atom is -0.351 e. The van der Waals surface area contributed by atoms with Gasteiger partial charge in [-0.15, -0.1) is 0 Å². The van der Waals surface area contributed by atoms with Gasteiger partial charge in [-0.25, -0.2) is 14.7 Å². The first-order valence-electron chi connectivity index (χ1n) is 10.3. The van der Waals surface area contributed by atoms with Crippen molar-refractivity contribution in [1.29, 1.82) is 0 Å². The molecule has 1 N–H and O–H groups in total. The van der Waals surface area contributed by atoms with Crippen LogP contribution in [0.5, 0.6) is 0 Å². The number of aromatic nitrogens is 3. The van der Waals surface area contributed by atoms with Crippen molar-refractivity contribution in [3.8, 4) is 0 Å². The second-order valence-electron chi connectivity index (χ2n) is 8.01. The number of nitrogens with one attached hydrogen (secondary N) is 1. The minimum atomic E-state index is -0.108. The van der Waals surface area contributed by atoms with Crippen LogP contribution in [0, 0.1) is 0 Å². The van der Waals surface area contributed by atoms with E-state index in [1.807, 2.05) is 18.7 Å². The zero-order valence-corrected chi connectivity index (χ0v) is 17.6. The first-order valence-corrected chi connectivity index (χ1v) is 10.3. The van der Waals surface area contributed by atoms with Crippen molar-refractivity contribution in [2.75, 3.05) is 23.3 Å². The van der Waals surface area contributed by atoms with Gasteiger partial charge in [0.15, 0.2) is 5.82 Å². The van der Waals surface area contributed by atoms with E-state index in [0.29, 0.717) is 18.3 Å². The summed E-state index contributed by atoms with van der Waals surface area (Å²) >= 11 is 0. The van der Waals surface area contributed by atoms with Crippen molar-refractivity contribution >= 4 is 29.4 Å². The zero-order chi connectivity index (χ0) is 21.3. The van der Waals surface area contributed by atoms with Gasteiger partial charge >= 0.3 is 6.03 Å². The standard InChI is InChI=1S/C21H27N7O2/c1-14(2)27-13-16-12-23-20(24-17-6-10-26(11-7-17)15(3)29)25-19(16)28(21(27)30)18-4-8-22-9-5-18/h4-5,8-9,12,14,17H,6-7,10-11,13H2,1-3H3,(H,23,24,25). The Balaban J connectivity index is 1.60. The summed E-state index contributed by atoms with van der Waals surface area (Å²) in [4.78, 5) is 43.4. The number of likely N-dealkylation sites (tertiary alicyclic amines) is 1. The molecular weight excluding hydrogens is 382 g/mol. The van der Waals surface area contributed by atoms with E-state index >= 15 is 0 Å². The molecule has 0 unspecified atom stereocenters. The van der Waals surface area contributed by atoms with E-state index in [0.717, 1.165) is 37.2 Å². The normalized spacial score (nSPS) is 17.3. The summed E-state index contributed by atoms with van der Waals surface area (Å²) in [6, 6.07) is 3.75. The summed E-state index contributed by atoms with van der Waals surface area (Å²) in [6.45, 7) is 7.53. The van der Waals surface area contributed by atoms with Gasteiger partial charge in [0.1, 0.15) is 0 Å². The van der Waals surface area contributed by atoms with Gasteiger partial charge in [-0.2, -0.15) is 4.98 Å². The molecular formula is C21H27N7O2. The number of anilines is 3. The van der Waals surface area contributed by atoms with Crippen LogP contribution >= 0.6 is 0 Å². The van der Waals surface area contributed by atoms with Gasteiger partial charge in [-0.1, -0.05) is 0 Å². The van der Waals surface area contributed by atoms with E-state index in [2.05, 4.69) is 15.3 Å². The van der Waals surface area contributed by atoms with Crippen LogP contribution in [0.1, 0.15) is 39.2 Å². The third kappa shape index (κ3) is 3.92. The van der Waals surface area contributed by atoms with Gasteiger partial charge in [0.25, 0.3) is 0 Å². The molecule has 30 heavy (non-hydrogen) atoms. The number of piperidine rings is 1. The third-order valence-electron chi connectivity index (χ3n) is 5.65. The predicted octanol–water partition coefficient (Wildman–Crippen LogP) is 2.78. The fraction of sp³-hybridized carbons (Fsp3) is 0.476. The molecule has 2 aliphatic rings. The van der Waals surface area contributed by atoms with Gasteiger partial charge in [-0.05, 0) is 38.8 Å². The summed E-state index contributed by atoms with van der Waals surface area (Å²) in [6.07, 6.45) is 6.81. The molecule has 2 aromatic heterocycles. The van der Waals surface area contributed by atoms with Crippen LogP contribution in [0.4, 0.5) is 22.2 Å². The largest absolute Gasteiger partial charge is 0.351 e. The lowest BCUT2D eigenvalue weighted by Gasteiger charge is -2.38. The van der Waals surface area contributed by atoms with Crippen molar-refractivity contribution in [3.05, 3.63) is 36.3 Å². The maximum Gasteiger partial charge on any atom is 0.330 e. The fourth-order valence-electron chi connectivity index (χ4n) is 3.89. The Morgan fingerprint density at radius 1 is 1.20 bits per heavy atom. The lowest BCUT2D eigenvalue weighted by molar-refractivity contribution is -0.129. The van der Waals surface area contributed by atoms with Crippen LogP contribution < -0.4 is 10.2 Å². The molecule has 1 fully saturated rings. The molecule has 2 aromatic rings. The molecule has 0 bridgehead atoms. The highest BCUT2D eigenvalue weighted by Gasteiger charge is 2.34. The number of hydrogen-bond acceptors (Lipinski definition) is 6. The Morgan fingerprint density at radius 2 is 1.90 bits per heavy atom. The highest BCUT2D eigenvalue weighted by atomic mass is 16.2. The van der Waals surface area contributed by atoms with Gasteiger partial charge < -0.3 is 15.1 Å². The number of carbonyl (C=O) groups is 2. The predicted molar refractivity (Wildman–Crippen MR) is 113 cm³/mol. The molecule has 0 radical (unpaired) electrons. The maximum atomic E-state index is 13.2. The summed E-state index contributed by atoms with van der Waals surface area (Å²) in [5, 5.41) is 3.39. The topological polar surface area (TPSA) is 94.6 Å². The average molecular weight is 409 g/mol. The third-order valence-corrected chi connectivity index (χ3v) is 5.65. The average Bonchev–Trinajstić information content (AvgIpc) is 2.74. The molecule has 0 aliphatic carbocycles. The second-order valence-corrected chi connectivity index (χ2v) is 8.01. The first-order chi connectivity index (χ1) is 14.4. The van der Waals surface area contributed by atoms with Crippen molar-refractivity contribution in [2.45, 2.75) is 52.2 Å². The quantitative estimate of drug-likeness (QED) is 0.834. The van der Waals surface area contributed by atoms with Gasteiger partial charge in [-0.3, -0.25) is 9.78 Å². The molecule has 0 atom stereocenters. The van der Waals surface area contributed by atoms with E-state index in [1.54, 1.807) is 47.4 Å². The Labute approximate surface area is 176 Å². The molecule has 0 spiro atoms. The molecule has 4 rings (SSSR count). The van der Waals surface area contributed by atoms with Crippen LogP contribution in [-0.2, 0) is 11.3 Å². The van der Waals surface area contributed by atoms with Crippen molar-refractivity contribution in [1.82, 2.24) is 24.8 Å². The molecule has 158 valence electrons. The van der Waals surface area contributed by atoms with E-state index in [-0.39, 0.29) is 24.0 Å². The minimum absolute atomic E-state index is 0.0549. The molecule has 0 aromatic carbocycles. The Kier molecular flexibility index (Phi) is 5.52. The molecule has 9 heteroatoms.